The number of benzene rings is 1. The molecule has 1 atom stereocenters. The highest BCUT2D eigenvalue weighted by Gasteiger charge is 2.21. The van der Waals surface area contributed by atoms with Gasteiger partial charge in [-0.3, -0.25) is 0 Å². The monoisotopic (exact) mass is 302 g/mol. The molecule has 1 aromatic rings. The molecule has 1 fully saturated rings. The predicted molar refractivity (Wildman–Crippen MR) is 86.6 cm³/mol. The average Bonchev–Trinajstić information content (AvgIpc) is 2.52. The molecule has 110 valence electrons. The Kier molecular flexibility index (Phi) is 5.29. The third kappa shape index (κ3) is 4.02. The summed E-state index contributed by atoms with van der Waals surface area (Å²) in [5, 5.41) is 18.6. The van der Waals surface area contributed by atoms with Crippen LogP contribution < -0.4 is 4.90 Å². The van der Waals surface area contributed by atoms with Gasteiger partial charge in [0.1, 0.15) is 6.07 Å². The number of thioether (sulfide) groups is 1. The first-order valence-electron chi connectivity index (χ1n) is 6.95. The molecule has 1 aliphatic heterocycles. The van der Waals surface area contributed by atoms with Crippen LogP contribution in [0.1, 0.15) is 24.5 Å². The lowest BCUT2D eigenvalue weighted by Crippen LogP contribution is -2.38. The minimum absolute atomic E-state index is 0.601. The smallest absolute Gasteiger partial charge is 0.328 e. The predicted octanol–water partition coefficient (Wildman–Crippen LogP) is 2.99. The van der Waals surface area contributed by atoms with Crippen molar-refractivity contribution >= 4 is 29.5 Å². The van der Waals surface area contributed by atoms with Crippen LogP contribution in [-0.4, -0.2) is 35.2 Å². The molecule has 1 saturated heterocycles. The maximum Gasteiger partial charge on any atom is 0.328 e. The van der Waals surface area contributed by atoms with Gasteiger partial charge in [-0.1, -0.05) is 13.0 Å². The lowest BCUT2D eigenvalue weighted by molar-refractivity contribution is -0.131. The Morgan fingerprint density at radius 1 is 1.62 bits per heavy atom. The molecule has 1 N–H and O–H groups in total. The average molecular weight is 302 g/mol. The number of nitrogens with zero attached hydrogens (tertiary/aromatic N) is 2. The van der Waals surface area contributed by atoms with Crippen molar-refractivity contribution in [2.24, 2.45) is 0 Å². The summed E-state index contributed by atoms with van der Waals surface area (Å²) in [7, 11) is 0. The Morgan fingerprint density at radius 3 is 3.10 bits per heavy atom. The van der Waals surface area contributed by atoms with E-state index in [0.29, 0.717) is 10.8 Å². The van der Waals surface area contributed by atoms with Crippen LogP contribution in [0, 0.1) is 11.3 Å². The number of hydrogen-bond acceptors (Lipinski definition) is 4. The minimum Gasteiger partial charge on any atom is -0.478 e. The second-order valence-electron chi connectivity index (χ2n) is 4.91. The van der Waals surface area contributed by atoms with E-state index in [1.165, 1.54) is 6.08 Å². The quantitative estimate of drug-likeness (QED) is 0.866. The highest BCUT2D eigenvalue weighted by molar-refractivity contribution is 8.00. The lowest BCUT2D eigenvalue weighted by Gasteiger charge is -2.34. The van der Waals surface area contributed by atoms with Crippen molar-refractivity contribution in [2.75, 3.05) is 23.7 Å². The molecule has 0 aliphatic carbocycles. The molecule has 1 unspecified atom stereocenters. The number of hydrogen-bond donors (Lipinski definition) is 1. The lowest BCUT2D eigenvalue weighted by atomic mass is 10.1. The fraction of sp³-hybridized carbons (Fsp3) is 0.375. The van der Waals surface area contributed by atoms with Gasteiger partial charge < -0.3 is 10.0 Å². The fourth-order valence-corrected chi connectivity index (χ4v) is 3.56. The van der Waals surface area contributed by atoms with E-state index in [4.69, 9.17) is 5.11 Å². The van der Waals surface area contributed by atoms with E-state index in [2.05, 4.69) is 17.9 Å². The van der Waals surface area contributed by atoms with Crippen LogP contribution in [0.25, 0.3) is 6.08 Å². The molecule has 0 spiro atoms. The first-order valence-corrected chi connectivity index (χ1v) is 8.00. The Balaban J connectivity index is 2.24. The van der Waals surface area contributed by atoms with Gasteiger partial charge in [-0.2, -0.15) is 17.0 Å². The molecule has 0 bridgehead atoms. The van der Waals surface area contributed by atoms with Gasteiger partial charge in [0.15, 0.2) is 0 Å². The van der Waals surface area contributed by atoms with Crippen LogP contribution >= 0.6 is 11.8 Å². The van der Waals surface area contributed by atoms with Gasteiger partial charge in [0, 0.05) is 30.2 Å². The van der Waals surface area contributed by atoms with Gasteiger partial charge in [-0.25, -0.2) is 4.79 Å². The number of carbonyl (C=O) groups is 1. The second-order valence-corrected chi connectivity index (χ2v) is 6.32. The third-order valence-corrected chi connectivity index (χ3v) is 4.87. The van der Waals surface area contributed by atoms with Gasteiger partial charge >= 0.3 is 5.97 Å². The van der Waals surface area contributed by atoms with E-state index < -0.39 is 5.97 Å². The summed E-state index contributed by atoms with van der Waals surface area (Å²) < 4.78 is 0. The number of carboxylic acid groups (broad SMARTS) is 1. The number of rotatable bonds is 4. The first-order chi connectivity index (χ1) is 10.1. The van der Waals surface area contributed by atoms with E-state index in [1.807, 2.05) is 23.9 Å². The standard InChI is InChI=1S/C16H18N2O2S/c1-2-14-11-18(7-8-21-14)15-5-3-12(4-6-16(19)20)9-13(15)10-17/h3-6,9,14H,2,7-8,11H2,1H3,(H,19,20)/b6-4+. The van der Waals surface area contributed by atoms with Gasteiger partial charge in [-0.05, 0) is 30.2 Å². The summed E-state index contributed by atoms with van der Waals surface area (Å²) in [6.07, 6.45) is 3.72. The summed E-state index contributed by atoms with van der Waals surface area (Å²) >= 11 is 1.99. The van der Waals surface area contributed by atoms with Crippen LogP contribution in [0.3, 0.4) is 0 Å². The SMILES string of the molecule is CCC1CN(c2ccc(/C=C/C(=O)O)cc2C#N)CCS1. The molecule has 2 rings (SSSR count). The van der Waals surface area contributed by atoms with Crippen molar-refractivity contribution in [2.45, 2.75) is 18.6 Å². The normalized spacial score (nSPS) is 18.7. The van der Waals surface area contributed by atoms with Crippen molar-refractivity contribution in [3.05, 3.63) is 35.4 Å². The highest BCUT2D eigenvalue weighted by atomic mass is 32.2. The minimum atomic E-state index is -0.989. The molecule has 1 aromatic carbocycles. The maximum atomic E-state index is 10.5. The summed E-state index contributed by atoms with van der Waals surface area (Å²) in [4.78, 5) is 12.8. The van der Waals surface area contributed by atoms with Crippen LogP contribution in [-0.2, 0) is 4.79 Å². The zero-order valence-corrected chi connectivity index (χ0v) is 12.8. The molecule has 0 amide bonds. The molecular weight excluding hydrogens is 284 g/mol. The first kappa shape index (κ1) is 15.5. The molecule has 5 heteroatoms. The largest absolute Gasteiger partial charge is 0.478 e. The van der Waals surface area contributed by atoms with Gasteiger partial charge in [-0.15, -0.1) is 0 Å². The molecule has 0 radical (unpaired) electrons. The third-order valence-electron chi connectivity index (χ3n) is 3.49. The van der Waals surface area contributed by atoms with Gasteiger partial charge in [0.2, 0.25) is 0 Å². The Morgan fingerprint density at radius 2 is 2.43 bits per heavy atom. The van der Waals surface area contributed by atoms with E-state index in [-0.39, 0.29) is 0 Å². The fourth-order valence-electron chi connectivity index (χ4n) is 2.38. The summed E-state index contributed by atoms with van der Waals surface area (Å²) in [5.41, 5.74) is 2.28. The zero-order valence-electron chi connectivity index (χ0n) is 12.0. The number of anilines is 1. The molecule has 1 heterocycles. The Bertz CT molecular complexity index is 592. The van der Waals surface area contributed by atoms with Crippen molar-refractivity contribution in [3.8, 4) is 6.07 Å². The molecular formula is C16H18N2O2S. The summed E-state index contributed by atoms with van der Waals surface area (Å²) in [5.74, 6) is 0.0840. The van der Waals surface area contributed by atoms with E-state index in [0.717, 1.165) is 42.6 Å². The van der Waals surface area contributed by atoms with Crippen LogP contribution in [0.5, 0.6) is 0 Å². The summed E-state index contributed by atoms with van der Waals surface area (Å²) in [6.45, 7) is 4.09. The van der Waals surface area contributed by atoms with E-state index >= 15 is 0 Å². The summed E-state index contributed by atoms with van der Waals surface area (Å²) in [6, 6.07) is 7.75. The van der Waals surface area contributed by atoms with Crippen molar-refractivity contribution < 1.29 is 9.90 Å². The molecule has 21 heavy (non-hydrogen) atoms. The molecule has 4 nitrogen and oxygen atoms in total. The molecule has 0 saturated carbocycles. The topological polar surface area (TPSA) is 64.3 Å². The van der Waals surface area contributed by atoms with Crippen molar-refractivity contribution in [1.29, 1.82) is 5.26 Å². The van der Waals surface area contributed by atoms with Gasteiger partial charge in [0.05, 0.1) is 11.3 Å². The molecule has 0 aromatic heterocycles. The Labute approximate surface area is 129 Å². The van der Waals surface area contributed by atoms with Crippen LogP contribution in [0.15, 0.2) is 24.3 Å². The van der Waals surface area contributed by atoms with Crippen molar-refractivity contribution in [1.82, 2.24) is 0 Å². The maximum absolute atomic E-state index is 10.5. The van der Waals surface area contributed by atoms with Crippen LogP contribution in [0.2, 0.25) is 0 Å². The Hall–Kier alpha value is -1.93. The number of aliphatic carboxylic acids is 1. The van der Waals surface area contributed by atoms with E-state index in [1.54, 1.807) is 6.07 Å². The van der Waals surface area contributed by atoms with Gasteiger partial charge in [0.25, 0.3) is 0 Å². The van der Waals surface area contributed by atoms with Crippen molar-refractivity contribution in [3.63, 3.8) is 0 Å². The van der Waals surface area contributed by atoms with E-state index in [9.17, 15) is 10.1 Å². The number of carboxylic acids is 1. The molecule has 1 aliphatic rings. The number of nitriles is 1. The second kappa shape index (κ2) is 7.19. The van der Waals surface area contributed by atoms with Crippen LogP contribution in [0.4, 0.5) is 5.69 Å². The highest BCUT2D eigenvalue weighted by Crippen LogP contribution is 2.28. The zero-order chi connectivity index (χ0) is 15.2.